The number of aryl methyl sites for hydroxylation is 2. The second kappa shape index (κ2) is 9.22. The summed E-state index contributed by atoms with van der Waals surface area (Å²) in [5.41, 5.74) is 7.01. The lowest BCUT2D eigenvalue weighted by atomic mass is 10.0. The Kier molecular flexibility index (Phi) is 6.71. The number of thiophene rings is 1. The van der Waals surface area contributed by atoms with E-state index in [4.69, 9.17) is 11.6 Å². The molecule has 0 bridgehead atoms. The van der Waals surface area contributed by atoms with Crippen molar-refractivity contribution < 1.29 is 0 Å². The number of allylic oxidation sites excluding steroid dienone is 1. The highest BCUT2D eigenvalue weighted by molar-refractivity contribution is 7.16. The Morgan fingerprint density at radius 2 is 1.93 bits per heavy atom. The van der Waals surface area contributed by atoms with Gasteiger partial charge in [-0.15, -0.1) is 11.3 Å². The van der Waals surface area contributed by atoms with Gasteiger partial charge in [-0.3, -0.25) is 4.98 Å². The Balaban J connectivity index is 0.000000161. The van der Waals surface area contributed by atoms with E-state index in [0.29, 0.717) is 0 Å². The smallest absolute Gasteiger partial charge is 0.0934 e. The van der Waals surface area contributed by atoms with Crippen LogP contribution in [0.5, 0.6) is 0 Å². The number of nitrogens with zero attached hydrogens (tertiary/aromatic N) is 2. The lowest BCUT2D eigenvalue weighted by molar-refractivity contribution is 0.338. The number of fused-ring (bicyclic) bond motifs is 1. The number of rotatable bonds is 3. The van der Waals surface area contributed by atoms with Crippen molar-refractivity contribution in [3.63, 3.8) is 0 Å². The predicted molar refractivity (Wildman–Crippen MR) is 122 cm³/mol. The van der Waals surface area contributed by atoms with Gasteiger partial charge in [0.05, 0.1) is 10.9 Å². The third-order valence-corrected chi connectivity index (χ3v) is 6.09. The quantitative estimate of drug-likeness (QED) is 0.441. The standard InChI is InChI=1S/C13H13N.C11H12ClNS/c1-10-8-9-13(11(2)14-10)12-6-4-3-5-7-12;1-3-8(2)13-5-4-9-6-11(12)14-10(9)7-13/h3-9H,1-2H3;3,6H,1-2,4-5,7H2. The molecule has 3 aromatic rings. The van der Waals surface area contributed by atoms with Crippen LogP contribution in [0.4, 0.5) is 0 Å². The van der Waals surface area contributed by atoms with Crippen LogP contribution in [-0.2, 0) is 13.0 Å². The van der Waals surface area contributed by atoms with E-state index in [0.717, 1.165) is 40.9 Å². The molecule has 28 heavy (non-hydrogen) atoms. The van der Waals surface area contributed by atoms with E-state index in [-0.39, 0.29) is 0 Å². The van der Waals surface area contributed by atoms with Crippen molar-refractivity contribution >= 4 is 22.9 Å². The van der Waals surface area contributed by atoms with Gasteiger partial charge in [0, 0.05) is 34.1 Å². The summed E-state index contributed by atoms with van der Waals surface area (Å²) in [6.45, 7) is 13.7. The van der Waals surface area contributed by atoms with E-state index in [2.05, 4.69) is 72.4 Å². The first-order valence-electron chi connectivity index (χ1n) is 9.31. The molecule has 0 fully saturated rings. The zero-order chi connectivity index (χ0) is 20.1. The summed E-state index contributed by atoms with van der Waals surface area (Å²) in [6.07, 6.45) is 2.87. The van der Waals surface area contributed by atoms with Crippen LogP contribution in [0.15, 0.2) is 73.5 Å². The van der Waals surface area contributed by atoms with Gasteiger partial charge in [0.25, 0.3) is 0 Å². The minimum atomic E-state index is 0.890. The molecular weight excluding hydrogens is 384 g/mol. The maximum atomic E-state index is 5.97. The van der Waals surface area contributed by atoms with Crippen LogP contribution in [-0.4, -0.2) is 16.4 Å². The van der Waals surface area contributed by atoms with Crippen molar-refractivity contribution in [2.45, 2.75) is 26.8 Å². The maximum absolute atomic E-state index is 5.97. The normalized spacial score (nSPS) is 12.6. The van der Waals surface area contributed by atoms with Crippen LogP contribution in [0.2, 0.25) is 4.34 Å². The number of benzene rings is 1. The van der Waals surface area contributed by atoms with E-state index in [1.54, 1.807) is 17.4 Å². The topological polar surface area (TPSA) is 16.1 Å². The first-order valence-corrected chi connectivity index (χ1v) is 10.5. The molecule has 144 valence electrons. The third kappa shape index (κ3) is 4.92. The SMILES string of the molecule is C=CC(=C)N1CCc2cc(Cl)sc2C1.Cc1ccc(-c2ccccc2)c(C)n1. The highest BCUT2D eigenvalue weighted by Gasteiger charge is 2.18. The maximum Gasteiger partial charge on any atom is 0.0934 e. The van der Waals surface area contributed by atoms with E-state index < -0.39 is 0 Å². The van der Waals surface area contributed by atoms with Gasteiger partial charge in [-0.1, -0.05) is 61.2 Å². The van der Waals surface area contributed by atoms with Crippen LogP contribution in [0.3, 0.4) is 0 Å². The molecule has 1 aromatic carbocycles. The number of hydrogen-bond donors (Lipinski definition) is 0. The van der Waals surface area contributed by atoms with Gasteiger partial charge in [-0.05, 0) is 49.6 Å². The molecule has 1 aliphatic heterocycles. The molecule has 0 spiro atoms. The van der Waals surface area contributed by atoms with Crippen LogP contribution in [0.25, 0.3) is 11.1 Å². The molecule has 0 amide bonds. The van der Waals surface area contributed by atoms with E-state index in [1.165, 1.54) is 21.6 Å². The average Bonchev–Trinajstić information content (AvgIpc) is 3.07. The predicted octanol–water partition coefficient (Wildman–Crippen LogP) is 6.82. The number of halogens is 1. The molecule has 4 heteroatoms. The molecule has 0 N–H and O–H groups in total. The third-order valence-electron chi connectivity index (χ3n) is 4.80. The summed E-state index contributed by atoms with van der Waals surface area (Å²) in [7, 11) is 0. The Morgan fingerprint density at radius 1 is 1.18 bits per heavy atom. The van der Waals surface area contributed by atoms with Crippen molar-refractivity contribution in [1.29, 1.82) is 0 Å². The average molecular weight is 409 g/mol. The van der Waals surface area contributed by atoms with Crippen molar-refractivity contribution in [3.05, 3.63) is 99.6 Å². The summed E-state index contributed by atoms with van der Waals surface area (Å²) < 4.78 is 0.890. The highest BCUT2D eigenvalue weighted by atomic mass is 35.5. The zero-order valence-electron chi connectivity index (χ0n) is 16.4. The molecule has 0 saturated carbocycles. The molecule has 2 nitrogen and oxygen atoms in total. The molecule has 2 aromatic heterocycles. The van der Waals surface area contributed by atoms with E-state index >= 15 is 0 Å². The van der Waals surface area contributed by atoms with Crippen LogP contribution in [0.1, 0.15) is 21.8 Å². The van der Waals surface area contributed by atoms with Crippen molar-refractivity contribution in [3.8, 4) is 11.1 Å². The van der Waals surface area contributed by atoms with Crippen molar-refractivity contribution in [1.82, 2.24) is 9.88 Å². The fourth-order valence-electron chi connectivity index (χ4n) is 3.27. The lowest BCUT2D eigenvalue weighted by Gasteiger charge is -2.28. The van der Waals surface area contributed by atoms with Crippen molar-refractivity contribution in [2.75, 3.05) is 6.54 Å². The van der Waals surface area contributed by atoms with Gasteiger partial charge in [0.2, 0.25) is 0 Å². The molecule has 3 heterocycles. The lowest BCUT2D eigenvalue weighted by Crippen LogP contribution is -2.27. The number of aromatic nitrogens is 1. The van der Waals surface area contributed by atoms with Gasteiger partial charge in [-0.25, -0.2) is 0 Å². The van der Waals surface area contributed by atoms with Crippen LogP contribution >= 0.6 is 22.9 Å². The van der Waals surface area contributed by atoms with Crippen LogP contribution in [0, 0.1) is 13.8 Å². The number of pyridine rings is 1. The molecular formula is C24H25ClN2S. The molecule has 0 aliphatic carbocycles. The summed E-state index contributed by atoms with van der Waals surface area (Å²) in [4.78, 5) is 8.05. The number of hydrogen-bond acceptors (Lipinski definition) is 3. The summed E-state index contributed by atoms with van der Waals surface area (Å²) in [5, 5.41) is 0. The van der Waals surface area contributed by atoms with Gasteiger partial charge < -0.3 is 4.90 Å². The molecule has 0 radical (unpaired) electrons. The molecule has 0 atom stereocenters. The Hall–Kier alpha value is -2.36. The van der Waals surface area contributed by atoms with Crippen molar-refractivity contribution in [2.24, 2.45) is 0 Å². The monoisotopic (exact) mass is 408 g/mol. The minimum Gasteiger partial charge on any atom is -0.367 e. The van der Waals surface area contributed by atoms with E-state index in [9.17, 15) is 0 Å². The minimum absolute atomic E-state index is 0.890. The molecule has 4 rings (SSSR count). The fraction of sp³-hybridized carbons (Fsp3) is 0.208. The summed E-state index contributed by atoms with van der Waals surface area (Å²) in [5.74, 6) is 0. The zero-order valence-corrected chi connectivity index (χ0v) is 18.0. The molecule has 1 aliphatic rings. The second-order valence-electron chi connectivity index (χ2n) is 6.82. The van der Waals surface area contributed by atoms with Crippen LogP contribution < -0.4 is 0 Å². The van der Waals surface area contributed by atoms with Gasteiger partial charge in [0.15, 0.2) is 0 Å². The largest absolute Gasteiger partial charge is 0.367 e. The Labute approximate surface area is 176 Å². The highest BCUT2D eigenvalue weighted by Crippen LogP contribution is 2.32. The summed E-state index contributed by atoms with van der Waals surface area (Å²) >= 11 is 7.64. The van der Waals surface area contributed by atoms with Gasteiger partial charge >= 0.3 is 0 Å². The van der Waals surface area contributed by atoms with Gasteiger partial charge in [-0.2, -0.15) is 0 Å². The van der Waals surface area contributed by atoms with Gasteiger partial charge in [0.1, 0.15) is 0 Å². The molecule has 0 unspecified atom stereocenters. The Morgan fingerprint density at radius 3 is 2.61 bits per heavy atom. The first-order chi connectivity index (χ1) is 13.5. The fourth-order valence-corrected chi connectivity index (χ4v) is 4.63. The summed E-state index contributed by atoms with van der Waals surface area (Å²) in [6, 6.07) is 16.6. The Bertz CT molecular complexity index is 976. The second-order valence-corrected chi connectivity index (χ2v) is 8.59. The van der Waals surface area contributed by atoms with E-state index in [1.807, 2.05) is 13.0 Å². The molecule has 0 saturated heterocycles. The first kappa shape index (κ1) is 20.4.